The zero-order valence-corrected chi connectivity index (χ0v) is 8.91. The number of hydrogen-bond donors (Lipinski definition) is 2. The highest BCUT2D eigenvalue weighted by Crippen LogP contribution is 2.09. The van der Waals surface area contributed by atoms with Gasteiger partial charge in [0, 0.05) is 13.5 Å². The smallest absolute Gasteiger partial charge is 0.294 e. The summed E-state index contributed by atoms with van der Waals surface area (Å²) >= 11 is 0. The van der Waals surface area contributed by atoms with Gasteiger partial charge < -0.3 is 5.32 Å². The predicted molar refractivity (Wildman–Crippen MR) is 53.8 cm³/mol. The lowest BCUT2D eigenvalue weighted by molar-refractivity contribution is -0.119. The molecule has 0 saturated heterocycles. The van der Waals surface area contributed by atoms with E-state index in [0.29, 0.717) is 6.54 Å². The summed E-state index contributed by atoms with van der Waals surface area (Å²) in [6.07, 6.45) is 0. The summed E-state index contributed by atoms with van der Waals surface area (Å²) in [5.41, 5.74) is 0.762. The monoisotopic (exact) mass is 229 g/mol. The number of benzene rings is 1. The van der Waals surface area contributed by atoms with Crippen LogP contribution in [0.4, 0.5) is 0 Å². The molecule has 0 unspecified atom stereocenters. The molecular weight excluding hydrogens is 218 g/mol. The molecule has 0 radical (unpaired) electrons. The van der Waals surface area contributed by atoms with Crippen LogP contribution in [0.25, 0.3) is 0 Å². The molecule has 6 heteroatoms. The molecule has 1 amide bonds. The molecule has 82 valence electrons. The zero-order chi connectivity index (χ0) is 11.5. The van der Waals surface area contributed by atoms with Crippen LogP contribution < -0.4 is 5.32 Å². The maximum atomic E-state index is 10.7. The molecule has 0 fully saturated rings. The summed E-state index contributed by atoms with van der Waals surface area (Å²) in [4.78, 5) is 10.4. The molecule has 0 saturated carbocycles. The molecule has 0 aliphatic carbocycles. The molecule has 5 nitrogen and oxygen atoms in total. The van der Waals surface area contributed by atoms with Crippen LogP contribution in [0.3, 0.4) is 0 Å². The van der Waals surface area contributed by atoms with Crippen LogP contribution >= 0.6 is 0 Å². The normalized spacial score (nSPS) is 11.1. The van der Waals surface area contributed by atoms with Gasteiger partial charge in [0.1, 0.15) is 0 Å². The first-order valence-electron chi connectivity index (χ1n) is 4.20. The third-order valence-electron chi connectivity index (χ3n) is 1.76. The zero-order valence-electron chi connectivity index (χ0n) is 8.10. The van der Waals surface area contributed by atoms with Crippen molar-refractivity contribution >= 4 is 16.0 Å². The van der Waals surface area contributed by atoms with Crippen molar-refractivity contribution in [1.82, 2.24) is 5.32 Å². The molecule has 1 rings (SSSR count). The lowest BCUT2D eigenvalue weighted by Gasteiger charge is -2.02. The summed E-state index contributed by atoms with van der Waals surface area (Å²) in [5.74, 6) is -0.158. The van der Waals surface area contributed by atoms with Crippen LogP contribution in [-0.4, -0.2) is 18.9 Å². The van der Waals surface area contributed by atoms with Gasteiger partial charge in [-0.15, -0.1) is 0 Å². The van der Waals surface area contributed by atoms with Crippen LogP contribution in [0.1, 0.15) is 12.5 Å². The Morgan fingerprint density at radius 1 is 1.33 bits per heavy atom. The van der Waals surface area contributed by atoms with E-state index in [0.717, 1.165) is 5.56 Å². The van der Waals surface area contributed by atoms with Gasteiger partial charge in [0.2, 0.25) is 5.91 Å². The standard InChI is InChI=1S/C9H11NO4S/c1-7(11)10-6-8-2-4-9(5-3-8)15(12,13)14/h2-5H,6H2,1H3,(H,10,11)(H,12,13,14). The summed E-state index contributed by atoms with van der Waals surface area (Å²) in [5, 5.41) is 2.57. The molecule has 1 aromatic carbocycles. The Kier molecular flexibility index (Phi) is 3.43. The van der Waals surface area contributed by atoms with Crippen LogP contribution in [0.15, 0.2) is 29.2 Å². The highest BCUT2D eigenvalue weighted by atomic mass is 32.2. The fourth-order valence-corrected chi connectivity index (χ4v) is 1.49. The molecule has 0 aliphatic heterocycles. The molecule has 0 spiro atoms. The Hall–Kier alpha value is -1.40. The third-order valence-corrected chi connectivity index (χ3v) is 2.63. The van der Waals surface area contributed by atoms with E-state index in [9.17, 15) is 13.2 Å². The molecule has 0 bridgehead atoms. The summed E-state index contributed by atoms with van der Waals surface area (Å²) in [6.45, 7) is 1.73. The molecule has 15 heavy (non-hydrogen) atoms. The van der Waals surface area contributed by atoms with Crippen LogP contribution in [0.2, 0.25) is 0 Å². The highest BCUT2D eigenvalue weighted by molar-refractivity contribution is 7.85. The number of carbonyl (C=O) groups excluding carboxylic acids is 1. The largest absolute Gasteiger partial charge is 0.352 e. The first-order valence-corrected chi connectivity index (χ1v) is 5.64. The SMILES string of the molecule is CC(=O)NCc1ccc(S(=O)(=O)O)cc1. The van der Waals surface area contributed by atoms with Crippen molar-refractivity contribution in [3.63, 3.8) is 0 Å². The van der Waals surface area contributed by atoms with Gasteiger partial charge in [0.25, 0.3) is 10.1 Å². The number of amides is 1. The van der Waals surface area contributed by atoms with Gasteiger partial charge in [0.05, 0.1) is 4.90 Å². The third kappa shape index (κ3) is 3.69. The van der Waals surface area contributed by atoms with Crippen LogP contribution in [-0.2, 0) is 21.5 Å². The van der Waals surface area contributed by atoms with E-state index in [2.05, 4.69) is 5.32 Å². The van der Waals surface area contributed by atoms with Gasteiger partial charge in [-0.1, -0.05) is 12.1 Å². The minimum atomic E-state index is -4.14. The highest BCUT2D eigenvalue weighted by Gasteiger charge is 2.08. The van der Waals surface area contributed by atoms with Gasteiger partial charge in [-0.25, -0.2) is 0 Å². The lowest BCUT2D eigenvalue weighted by Crippen LogP contribution is -2.18. The Morgan fingerprint density at radius 3 is 2.27 bits per heavy atom. The van der Waals surface area contributed by atoms with E-state index >= 15 is 0 Å². The van der Waals surface area contributed by atoms with Crippen molar-refractivity contribution in [3.05, 3.63) is 29.8 Å². The van der Waals surface area contributed by atoms with E-state index < -0.39 is 10.1 Å². The first-order chi connectivity index (χ1) is 6.89. The second-order valence-corrected chi connectivity index (χ2v) is 4.45. The average molecular weight is 229 g/mol. The van der Waals surface area contributed by atoms with Crippen LogP contribution in [0.5, 0.6) is 0 Å². The van der Waals surface area contributed by atoms with E-state index in [1.165, 1.54) is 31.2 Å². The fourth-order valence-electron chi connectivity index (χ4n) is 1.01. The second-order valence-electron chi connectivity index (χ2n) is 3.03. The minimum absolute atomic E-state index is 0.158. The molecule has 0 aromatic heterocycles. The maximum Gasteiger partial charge on any atom is 0.294 e. The van der Waals surface area contributed by atoms with Gasteiger partial charge in [0.15, 0.2) is 0 Å². The Labute approximate surface area is 87.9 Å². The van der Waals surface area contributed by atoms with E-state index in [-0.39, 0.29) is 10.8 Å². The van der Waals surface area contributed by atoms with E-state index in [4.69, 9.17) is 4.55 Å². The summed E-state index contributed by atoms with van der Waals surface area (Å²) in [7, 11) is -4.14. The van der Waals surface area contributed by atoms with Gasteiger partial charge in [-0.05, 0) is 17.7 Å². The minimum Gasteiger partial charge on any atom is -0.352 e. The van der Waals surface area contributed by atoms with Crippen molar-refractivity contribution in [2.24, 2.45) is 0 Å². The maximum absolute atomic E-state index is 10.7. The van der Waals surface area contributed by atoms with Crippen molar-refractivity contribution in [1.29, 1.82) is 0 Å². The van der Waals surface area contributed by atoms with Crippen LogP contribution in [0, 0.1) is 0 Å². The fraction of sp³-hybridized carbons (Fsp3) is 0.222. The molecule has 0 atom stereocenters. The summed E-state index contributed by atoms with van der Waals surface area (Å²) < 4.78 is 30.1. The number of rotatable bonds is 3. The Bertz CT molecular complexity index is 450. The number of carbonyl (C=O) groups is 1. The van der Waals surface area contributed by atoms with Crippen molar-refractivity contribution < 1.29 is 17.8 Å². The molecular formula is C9H11NO4S. The number of hydrogen-bond acceptors (Lipinski definition) is 3. The first kappa shape index (κ1) is 11.7. The quantitative estimate of drug-likeness (QED) is 0.742. The van der Waals surface area contributed by atoms with Crippen molar-refractivity contribution in [2.75, 3.05) is 0 Å². The summed E-state index contributed by atoms with van der Waals surface area (Å²) in [6, 6.07) is 5.62. The average Bonchev–Trinajstić information content (AvgIpc) is 2.14. The molecule has 0 heterocycles. The molecule has 2 N–H and O–H groups in total. The lowest BCUT2D eigenvalue weighted by atomic mass is 10.2. The van der Waals surface area contributed by atoms with Crippen molar-refractivity contribution in [2.45, 2.75) is 18.4 Å². The van der Waals surface area contributed by atoms with E-state index in [1.54, 1.807) is 0 Å². The Balaban J connectivity index is 2.77. The van der Waals surface area contributed by atoms with Crippen molar-refractivity contribution in [3.8, 4) is 0 Å². The number of nitrogens with one attached hydrogen (secondary N) is 1. The second kappa shape index (κ2) is 4.41. The predicted octanol–water partition coefficient (Wildman–Crippen LogP) is 0.569. The van der Waals surface area contributed by atoms with E-state index in [1.807, 2.05) is 0 Å². The van der Waals surface area contributed by atoms with Gasteiger partial charge >= 0.3 is 0 Å². The topological polar surface area (TPSA) is 83.5 Å². The molecule has 1 aromatic rings. The Morgan fingerprint density at radius 2 is 1.87 bits per heavy atom. The van der Waals surface area contributed by atoms with Gasteiger partial charge in [-0.2, -0.15) is 8.42 Å². The molecule has 0 aliphatic rings. The van der Waals surface area contributed by atoms with Gasteiger partial charge in [-0.3, -0.25) is 9.35 Å².